The van der Waals surface area contributed by atoms with Crippen LogP contribution in [0.4, 0.5) is 4.79 Å². The van der Waals surface area contributed by atoms with Gasteiger partial charge in [-0.25, -0.2) is 4.79 Å². The Kier molecular flexibility index (Phi) is 3.49. The molecule has 1 N–H and O–H groups in total. The second kappa shape index (κ2) is 4.86. The fourth-order valence-corrected chi connectivity index (χ4v) is 2.29. The van der Waals surface area contributed by atoms with Crippen molar-refractivity contribution in [2.24, 2.45) is 11.8 Å². The first kappa shape index (κ1) is 10.8. The summed E-state index contributed by atoms with van der Waals surface area (Å²) in [5.41, 5.74) is 0. The minimum atomic E-state index is 0.155. The van der Waals surface area contributed by atoms with Crippen molar-refractivity contribution in [2.75, 3.05) is 19.6 Å². The number of nitrogens with one attached hydrogen (secondary N) is 1. The number of hydrogen-bond donors (Lipinski definition) is 1. The van der Waals surface area contributed by atoms with Crippen LogP contribution in [0.5, 0.6) is 0 Å². The number of urea groups is 1. The summed E-state index contributed by atoms with van der Waals surface area (Å²) >= 11 is 0. The Bertz CT molecular complexity index is 220. The number of carbonyl (C=O) groups is 1. The van der Waals surface area contributed by atoms with Gasteiger partial charge >= 0.3 is 6.03 Å². The molecule has 0 aromatic carbocycles. The lowest BCUT2D eigenvalue weighted by Crippen LogP contribution is -2.44. The molecule has 1 saturated heterocycles. The first-order valence-corrected chi connectivity index (χ1v) is 6.30. The predicted octanol–water partition coefficient (Wildman–Crippen LogP) is 2.23. The van der Waals surface area contributed by atoms with Crippen LogP contribution in [-0.4, -0.2) is 30.6 Å². The number of hydrogen-bond acceptors (Lipinski definition) is 1. The van der Waals surface area contributed by atoms with Gasteiger partial charge in [-0.05, 0) is 43.9 Å². The van der Waals surface area contributed by atoms with Crippen LogP contribution >= 0.6 is 0 Å². The van der Waals surface area contributed by atoms with Gasteiger partial charge in [0.1, 0.15) is 0 Å². The second-order valence-corrected chi connectivity index (χ2v) is 5.05. The van der Waals surface area contributed by atoms with Crippen LogP contribution in [0, 0.1) is 11.8 Å². The lowest BCUT2D eigenvalue weighted by atomic mass is 10.1. The molecule has 1 atom stereocenters. The largest absolute Gasteiger partial charge is 0.338 e. The number of likely N-dealkylation sites (tertiary alicyclic amines) is 1. The molecule has 1 aliphatic heterocycles. The van der Waals surface area contributed by atoms with E-state index in [0.717, 1.165) is 25.6 Å². The van der Waals surface area contributed by atoms with Crippen LogP contribution in [0.25, 0.3) is 0 Å². The summed E-state index contributed by atoms with van der Waals surface area (Å²) in [6.07, 6.45) is 6.35. The molecule has 0 aromatic heterocycles. The Hall–Kier alpha value is -0.730. The van der Waals surface area contributed by atoms with Crippen LogP contribution in [0.15, 0.2) is 0 Å². The highest BCUT2D eigenvalue weighted by molar-refractivity contribution is 5.74. The Morgan fingerprint density at radius 1 is 1.33 bits per heavy atom. The van der Waals surface area contributed by atoms with Crippen molar-refractivity contribution in [3.05, 3.63) is 0 Å². The molecule has 0 spiro atoms. The van der Waals surface area contributed by atoms with Gasteiger partial charge in [-0.15, -0.1) is 0 Å². The van der Waals surface area contributed by atoms with Crippen molar-refractivity contribution in [1.82, 2.24) is 10.2 Å². The van der Waals surface area contributed by atoms with E-state index in [0.29, 0.717) is 5.92 Å². The summed E-state index contributed by atoms with van der Waals surface area (Å²) in [6.45, 7) is 5.00. The van der Waals surface area contributed by atoms with Gasteiger partial charge in [0.15, 0.2) is 0 Å². The maximum Gasteiger partial charge on any atom is 0.317 e. The quantitative estimate of drug-likeness (QED) is 0.761. The SMILES string of the molecule is CC(CNC(=O)N1CCCCC1)C1CC1. The minimum Gasteiger partial charge on any atom is -0.338 e. The highest BCUT2D eigenvalue weighted by Gasteiger charge is 2.28. The number of amides is 2. The highest BCUT2D eigenvalue weighted by atomic mass is 16.2. The number of piperidine rings is 1. The zero-order valence-corrected chi connectivity index (χ0v) is 9.67. The third kappa shape index (κ3) is 3.11. The van der Waals surface area contributed by atoms with E-state index >= 15 is 0 Å². The normalized spacial score (nSPS) is 23.7. The molecule has 1 saturated carbocycles. The fourth-order valence-electron chi connectivity index (χ4n) is 2.29. The van der Waals surface area contributed by atoms with Gasteiger partial charge in [-0.1, -0.05) is 6.92 Å². The molecule has 0 aromatic rings. The Morgan fingerprint density at radius 3 is 2.60 bits per heavy atom. The number of carbonyl (C=O) groups excluding carboxylic acids is 1. The number of nitrogens with zero attached hydrogens (tertiary/aromatic N) is 1. The maximum atomic E-state index is 11.8. The summed E-state index contributed by atoms with van der Waals surface area (Å²) in [6, 6.07) is 0.155. The van der Waals surface area contributed by atoms with Gasteiger partial charge in [0.25, 0.3) is 0 Å². The average Bonchev–Trinajstić information content (AvgIpc) is 3.10. The minimum absolute atomic E-state index is 0.155. The molecular weight excluding hydrogens is 188 g/mol. The van der Waals surface area contributed by atoms with Gasteiger partial charge < -0.3 is 10.2 Å². The Morgan fingerprint density at radius 2 is 2.00 bits per heavy atom. The monoisotopic (exact) mass is 210 g/mol. The van der Waals surface area contributed by atoms with Crippen LogP contribution in [0.1, 0.15) is 39.0 Å². The summed E-state index contributed by atoms with van der Waals surface area (Å²) in [5.74, 6) is 1.55. The Balaban J connectivity index is 1.66. The average molecular weight is 210 g/mol. The fraction of sp³-hybridized carbons (Fsp3) is 0.917. The third-order valence-corrected chi connectivity index (χ3v) is 3.65. The first-order chi connectivity index (χ1) is 7.27. The molecule has 2 aliphatic rings. The molecule has 86 valence electrons. The molecule has 3 nitrogen and oxygen atoms in total. The van der Waals surface area contributed by atoms with E-state index in [1.165, 1.54) is 32.1 Å². The lowest BCUT2D eigenvalue weighted by Gasteiger charge is -2.27. The van der Waals surface area contributed by atoms with E-state index in [-0.39, 0.29) is 6.03 Å². The van der Waals surface area contributed by atoms with Crippen molar-refractivity contribution in [1.29, 1.82) is 0 Å². The topological polar surface area (TPSA) is 32.3 Å². The smallest absolute Gasteiger partial charge is 0.317 e. The molecule has 0 bridgehead atoms. The van der Waals surface area contributed by atoms with Gasteiger partial charge in [0.05, 0.1) is 0 Å². The summed E-state index contributed by atoms with van der Waals surface area (Å²) in [7, 11) is 0. The van der Waals surface area contributed by atoms with Gasteiger partial charge in [0.2, 0.25) is 0 Å². The number of rotatable bonds is 3. The molecule has 1 unspecified atom stereocenters. The van der Waals surface area contributed by atoms with Crippen LogP contribution < -0.4 is 5.32 Å². The predicted molar refractivity (Wildman–Crippen MR) is 60.7 cm³/mol. The molecular formula is C12H22N2O. The first-order valence-electron chi connectivity index (χ1n) is 6.30. The molecule has 2 fully saturated rings. The highest BCUT2D eigenvalue weighted by Crippen LogP contribution is 2.36. The van der Waals surface area contributed by atoms with Gasteiger partial charge in [-0.2, -0.15) is 0 Å². The maximum absolute atomic E-state index is 11.8. The molecule has 0 radical (unpaired) electrons. The molecule has 15 heavy (non-hydrogen) atoms. The molecule has 2 amide bonds. The van der Waals surface area contributed by atoms with Crippen LogP contribution in [0.3, 0.4) is 0 Å². The van der Waals surface area contributed by atoms with Crippen molar-refractivity contribution in [3.8, 4) is 0 Å². The van der Waals surface area contributed by atoms with E-state index < -0.39 is 0 Å². The standard InChI is InChI=1S/C12H22N2O/c1-10(11-5-6-11)9-13-12(15)14-7-3-2-4-8-14/h10-11H,2-9H2,1H3,(H,13,15). The zero-order chi connectivity index (χ0) is 10.7. The Labute approximate surface area is 92.2 Å². The third-order valence-electron chi connectivity index (χ3n) is 3.65. The second-order valence-electron chi connectivity index (χ2n) is 5.05. The van der Waals surface area contributed by atoms with E-state index in [9.17, 15) is 4.79 Å². The van der Waals surface area contributed by atoms with Crippen molar-refractivity contribution >= 4 is 6.03 Å². The molecule has 2 rings (SSSR count). The van der Waals surface area contributed by atoms with Crippen molar-refractivity contribution in [2.45, 2.75) is 39.0 Å². The lowest BCUT2D eigenvalue weighted by molar-refractivity contribution is 0.184. The van der Waals surface area contributed by atoms with Crippen LogP contribution in [-0.2, 0) is 0 Å². The van der Waals surface area contributed by atoms with Gasteiger partial charge in [0, 0.05) is 19.6 Å². The van der Waals surface area contributed by atoms with E-state index in [1.54, 1.807) is 0 Å². The molecule has 1 aliphatic carbocycles. The van der Waals surface area contributed by atoms with Gasteiger partial charge in [-0.3, -0.25) is 0 Å². The van der Waals surface area contributed by atoms with E-state index in [4.69, 9.17) is 0 Å². The van der Waals surface area contributed by atoms with Crippen molar-refractivity contribution < 1.29 is 4.79 Å². The summed E-state index contributed by atoms with van der Waals surface area (Å²) < 4.78 is 0. The van der Waals surface area contributed by atoms with E-state index in [1.807, 2.05) is 4.90 Å². The van der Waals surface area contributed by atoms with Crippen molar-refractivity contribution in [3.63, 3.8) is 0 Å². The zero-order valence-electron chi connectivity index (χ0n) is 9.67. The molecule has 1 heterocycles. The van der Waals surface area contributed by atoms with Crippen LogP contribution in [0.2, 0.25) is 0 Å². The molecule has 3 heteroatoms. The summed E-state index contributed by atoms with van der Waals surface area (Å²) in [5, 5.41) is 3.06. The summed E-state index contributed by atoms with van der Waals surface area (Å²) in [4.78, 5) is 13.7. The van der Waals surface area contributed by atoms with E-state index in [2.05, 4.69) is 12.2 Å².